The zero-order valence-electron chi connectivity index (χ0n) is 15.1. The number of Topliss-reactive ketones (excluding diaryl/α,β-unsaturated/α-hetero) is 1. The minimum Gasteiger partial charge on any atom is -0.341 e. The zero-order chi connectivity index (χ0) is 19.4. The number of hydrogen-bond acceptors (Lipinski definition) is 3. The second-order valence-corrected chi connectivity index (χ2v) is 7.83. The van der Waals surface area contributed by atoms with Gasteiger partial charge in [0.25, 0.3) is 11.5 Å². The van der Waals surface area contributed by atoms with Crippen LogP contribution in [0.4, 0.5) is 0 Å². The van der Waals surface area contributed by atoms with Gasteiger partial charge in [-0.25, -0.2) is 0 Å². The second kappa shape index (κ2) is 6.34. The lowest BCUT2D eigenvalue weighted by Gasteiger charge is -2.29. The number of ketones is 1. The first-order valence-corrected chi connectivity index (χ1v) is 9.75. The Bertz CT molecular complexity index is 1210. The number of hydrogen-bond donors (Lipinski definition) is 1. The summed E-state index contributed by atoms with van der Waals surface area (Å²) in [4.78, 5) is 42.1. The molecular formula is C21H18ClN3O3. The lowest BCUT2D eigenvalue weighted by Crippen LogP contribution is -2.40. The number of benzene rings is 1. The standard InChI is InChI=1S/C21H18ClN3O3/c22-13-5-4-12-8-14-11-24(6-7-25(14)18(12)9-13)21(28)16-10-15-17(23-20(16)27)2-1-3-19(15)26/h4-5,8-10H,1-3,6-7,11H2,(H,23,27). The quantitative estimate of drug-likeness (QED) is 0.687. The average Bonchev–Trinajstić information content (AvgIpc) is 3.04. The highest BCUT2D eigenvalue weighted by Gasteiger charge is 2.27. The summed E-state index contributed by atoms with van der Waals surface area (Å²) in [6, 6.07) is 9.28. The van der Waals surface area contributed by atoms with E-state index in [2.05, 4.69) is 9.55 Å². The summed E-state index contributed by atoms with van der Waals surface area (Å²) in [5.74, 6) is -0.348. The predicted octanol–water partition coefficient (Wildman–Crippen LogP) is 3.16. The summed E-state index contributed by atoms with van der Waals surface area (Å²) < 4.78 is 2.16. The third-order valence-corrected chi connectivity index (χ3v) is 5.91. The van der Waals surface area contributed by atoms with E-state index in [1.165, 1.54) is 6.07 Å². The van der Waals surface area contributed by atoms with Crippen LogP contribution in [0.3, 0.4) is 0 Å². The van der Waals surface area contributed by atoms with E-state index in [1.807, 2.05) is 24.3 Å². The second-order valence-electron chi connectivity index (χ2n) is 7.40. The van der Waals surface area contributed by atoms with Crippen LogP contribution in [0.15, 0.2) is 35.1 Å². The number of nitrogens with zero attached hydrogens (tertiary/aromatic N) is 2. The van der Waals surface area contributed by atoms with E-state index in [4.69, 9.17) is 11.6 Å². The Balaban J connectivity index is 1.49. The lowest BCUT2D eigenvalue weighted by atomic mass is 9.93. The number of amides is 1. The number of carbonyl (C=O) groups is 2. The Hall–Kier alpha value is -2.86. The molecular weight excluding hydrogens is 378 g/mol. The van der Waals surface area contributed by atoms with E-state index in [1.54, 1.807) is 4.90 Å². The first-order chi connectivity index (χ1) is 13.5. The molecule has 0 spiro atoms. The van der Waals surface area contributed by atoms with Crippen LogP contribution in [0.2, 0.25) is 5.02 Å². The Kier molecular flexibility index (Phi) is 3.91. The van der Waals surface area contributed by atoms with Crippen molar-refractivity contribution in [3.8, 4) is 0 Å². The molecule has 2 aromatic heterocycles. The molecule has 0 bridgehead atoms. The maximum atomic E-state index is 13.1. The number of H-pyrrole nitrogens is 1. The van der Waals surface area contributed by atoms with Crippen LogP contribution in [-0.2, 0) is 19.5 Å². The number of fused-ring (bicyclic) bond motifs is 4. The molecule has 5 rings (SSSR count). The van der Waals surface area contributed by atoms with Gasteiger partial charge >= 0.3 is 0 Å². The topological polar surface area (TPSA) is 75.2 Å². The van der Waals surface area contributed by atoms with Gasteiger partial charge in [-0.05, 0) is 37.1 Å². The van der Waals surface area contributed by atoms with Crippen molar-refractivity contribution < 1.29 is 9.59 Å². The molecule has 0 fully saturated rings. The summed E-state index contributed by atoms with van der Waals surface area (Å²) in [5, 5.41) is 1.75. The number of halogens is 1. The number of carbonyl (C=O) groups excluding carboxylic acids is 2. The number of pyridine rings is 1. The van der Waals surface area contributed by atoms with Crippen molar-refractivity contribution in [1.29, 1.82) is 0 Å². The Labute approximate surface area is 165 Å². The molecule has 0 unspecified atom stereocenters. The molecule has 1 N–H and O–H groups in total. The molecule has 0 saturated carbocycles. The number of nitrogens with one attached hydrogen (secondary N) is 1. The minimum atomic E-state index is -0.420. The van der Waals surface area contributed by atoms with Crippen LogP contribution in [0.5, 0.6) is 0 Å². The van der Waals surface area contributed by atoms with Gasteiger partial charge in [0.2, 0.25) is 0 Å². The first-order valence-electron chi connectivity index (χ1n) is 9.37. The maximum absolute atomic E-state index is 13.1. The van der Waals surface area contributed by atoms with Crippen molar-refractivity contribution in [3.63, 3.8) is 0 Å². The van der Waals surface area contributed by atoms with Gasteiger partial charge in [0.1, 0.15) is 5.56 Å². The van der Waals surface area contributed by atoms with Crippen LogP contribution in [0.25, 0.3) is 10.9 Å². The zero-order valence-corrected chi connectivity index (χ0v) is 15.9. The molecule has 7 heteroatoms. The molecule has 3 heterocycles. The highest BCUT2D eigenvalue weighted by molar-refractivity contribution is 6.31. The van der Waals surface area contributed by atoms with Crippen molar-refractivity contribution in [2.45, 2.75) is 32.4 Å². The lowest BCUT2D eigenvalue weighted by molar-refractivity contribution is 0.0710. The third-order valence-electron chi connectivity index (χ3n) is 5.67. The fraction of sp³-hybridized carbons (Fsp3) is 0.286. The van der Waals surface area contributed by atoms with Gasteiger partial charge < -0.3 is 14.5 Å². The fourth-order valence-electron chi connectivity index (χ4n) is 4.25. The van der Waals surface area contributed by atoms with Gasteiger partial charge in [0, 0.05) is 52.4 Å². The van der Waals surface area contributed by atoms with Gasteiger partial charge in [-0.1, -0.05) is 17.7 Å². The summed E-state index contributed by atoms with van der Waals surface area (Å²) in [7, 11) is 0. The van der Waals surface area contributed by atoms with Crippen LogP contribution in [-0.4, -0.2) is 32.7 Å². The SMILES string of the molecule is O=C1CCCc2[nH]c(=O)c(C(=O)N3CCn4c(cc5ccc(Cl)cc54)C3)cc21. The predicted molar refractivity (Wildman–Crippen MR) is 106 cm³/mol. The molecule has 1 aliphatic heterocycles. The maximum Gasteiger partial charge on any atom is 0.261 e. The van der Waals surface area contributed by atoms with Crippen LogP contribution < -0.4 is 5.56 Å². The van der Waals surface area contributed by atoms with Gasteiger partial charge in [-0.2, -0.15) is 0 Å². The van der Waals surface area contributed by atoms with E-state index >= 15 is 0 Å². The summed E-state index contributed by atoms with van der Waals surface area (Å²) in [5.41, 5.74) is 2.80. The van der Waals surface area contributed by atoms with Crippen molar-refractivity contribution in [2.75, 3.05) is 6.54 Å². The molecule has 142 valence electrons. The van der Waals surface area contributed by atoms with E-state index in [-0.39, 0.29) is 17.3 Å². The molecule has 2 aliphatic rings. The van der Waals surface area contributed by atoms with Crippen molar-refractivity contribution >= 4 is 34.2 Å². The van der Waals surface area contributed by atoms with E-state index in [0.717, 1.165) is 23.0 Å². The monoisotopic (exact) mass is 395 g/mol. The number of aromatic nitrogens is 2. The molecule has 0 saturated heterocycles. The van der Waals surface area contributed by atoms with Crippen molar-refractivity contribution in [1.82, 2.24) is 14.5 Å². The Morgan fingerprint density at radius 1 is 1.07 bits per heavy atom. The molecule has 28 heavy (non-hydrogen) atoms. The van der Waals surface area contributed by atoms with Crippen LogP contribution in [0, 0.1) is 0 Å². The van der Waals surface area contributed by atoms with Gasteiger partial charge in [0.15, 0.2) is 5.78 Å². The van der Waals surface area contributed by atoms with Gasteiger partial charge in [0.05, 0.1) is 6.54 Å². The molecule has 6 nitrogen and oxygen atoms in total. The molecule has 3 aromatic rings. The highest BCUT2D eigenvalue weighted by atomic mass is 35.5. The first kappa shape index (κ1) is 17.3. The fourth-order valence-corrected chi connectivity index (χ4v) is 4.42. The average molecular weight is 396 g/mol. The Morgan fingerprint density at radius 2 is 1.93 bits per heavy atom. The number of aryl methyl sites for hydroxylation is 1. The van der Waals surface area contributed by atoms with E-state index in [9.17, 15) is 14.4 Å². The molecule has 1 aliphatic carbocycles. The van der Waals surface area contributed by atoms with Crippen LogP contribution in [0.1, 0.15) is 44.9 Å². The van der Waals surface area contributed by atoms with E-state index in [0.29, 0.717) is 48.8 Å². The molecule has 1 amide bonds. The molecule has 1 aromatic carbocycles. The summed E-state index contributed by atoms with van der Waals surface area (Å²) >= 11 is 6.12. The highest BCUT2D eigenvalue weighted by Crippen LogP contribution is 2.27. The summed E-state index contributed by atoms with van der Waals surface area (Å²) in [6.07, 6.45) is 1.85. The normalized spacial score (nSPS) is 16.2. The van der Waals surface area contributed by atoms with Crippen molar-refractivity contribution in [3.05, 3.63) is 68.2 Å². The Morgan fingerprint density at radius 3 is 2.79 bits per heavy atom. The van der Waals surface area contributed by atoms with E-state index < -0.39 is 5.56 Å². The third kappa shape index (κ3) is 2.67. The van der Waals surface area contributed by atoms with Gasteiger partial charge in [-0.3, -0.25) is 14.4 Å². The molecule has 0 atom stereocenters. The number of aromatic amines is 1. The number of rotatable bonds is 1. The minimum absolute atomic E-state index is 0.0119. The van der Waals surface area contributed by atoms with Gasteiger partial charge in [-0.15, -0.1) is 0 Å². The summed E-state index contributed by atoms with van der Waals surface area (Å²) in [6.45, 7) is 1.54. The molecule has 0 radical (unpaired) electrons. The smallest absolute Gasteiger partial charge is 0.261 e. The van der Waals surface area contributed by atoms with Crippen molar-refractivity contribution in [2.24, 2.45) is 0 Å². The largest absolute Gasteiger partial charge is 0.341 e. The van der Waals surface area contributed by atoms with Crippen LogP contribution >= 0.6 is 11.6 Å².